The number of hydrogen-bond acceptors (Lipinski definition) is 1. The molecule has 0 spiro atoms. The van der Waals surface area contributed by atoms with Gasteiger partial charge in [0.1, 0.15) is 0 Å². The Labute approximate surface area is 103 Å². The van der Waals surface area contributed by atoms with E-state index in [1.54, 1.807) is 6.08 Å². The minimum atomic E-state index is -4.31. The first-order chi connectivity index (χ1) is 8.36. The molecule has 1 aliphatic carbocycles. The fraction of sp³-hybridized carbons (Fsp3) is 0.357. The molecule has 0 heterocycles. The van der Waals surface area contributed by atoms with Crippen LogP contribution in [0.2, 0.25) is 0 Å². The van der Waals surface area contributed by atoms with Gasteiger partial charge in [-0.05, 0) is 43.0 Å². The van der Waals surface area contributed by atoms with Crippen LogP contribution in [0.5, 0.6) is 0 Å². The maximum absolute atomic E-state index is 12.4. The van der Waals surface area contributed by atoms with Crippen LogP contribution in [0.15, 0.2) is 35.9 Å². The Morgan fingerprint density at radius 1 is 1.11 bits per heavy atom. The maximum atomic E-state index is 12.4. The molecule has 1 aliphatic rings. The highest BCUT2D eigenvalue weighted by Crippen LogP contribution is 2.34. The largest absolute Gasteiger partial charge is 0.416 e. The van der Waals surface area contributed by atoms with E-state index in [0.717, 1.165) is 29.7 Å². The van der Waals surface area contributed by atoms with Crippen molar-refractivity contribution in [1.29, 1.82) is 0 Å². The number of carbonyl (C=O) groups is 1. The number of carbonyl (C=O) groups excluding carboxylic acids is 1. The predicted molar refractivity (Wildman–Crippen MR) is 62.2 cm³/mol. The van der Waals surface area contributed by atoms with Gasteiger partial charge in [-0.3, -0.25) is 4.79 Å². The lowest BCUT2D eigenvalue weighted by Crippen LogP contribution is -2.12. The van der Waals surface area contributed by atoms with Crippen LogP contribution in [0.25, 0.3) is 0 Å². The Morgan fingerprint density at radius 2 is 1.72 bits per heavy atom. The molecule has 1 aromatic carbocycles. The number of halogens is 3. The summed E-state index contributed by atoms with van der Waals surface area (Å²) < 4.78 is 37.3. The van der Waals surface area contributed by atoms with Gasteiger partial charge in [-0.15, -0.1) is 0 Å². The van der Waals surface area contributed by atoms with E-state index in [4.69, 9.17) is 0 Å². The molecule has 0 fully saturated rings. The summed E-state index contributed by atoms with van der Waals surface area (Å²) in [5.74, 6) is 0.0495. The topological polar surface area (TPSA) is 17.1 Å². The fourth-order valence-electron chi connectivity index (χ4n) is 2.28. The van der Waals surface area contributed by atoms with E-state index >= 15 is 0 Å². The van der Waals surface area contributed by atoms with Gasteiger partial charge in [0.15, 0.2) is 5.78 Å². The third kappa shape index (κ3) is 2.81. The molecule has 0 saturated carbocycles. The van der Waals surface area contributed by atoms with E-state index in [1.165, 1.54) is 12.1 Å². The zero-order valence-corrected chi connectivity index (χ0v) is 9.92. The quantitative estimate of drug-likeness (QED) is 0.737. The number of hydrogen-bond donors (Lipinski definition) is 0. The molecule has 1 aromatic rings. The monoisotopic (exact) mass is 254 g/mol. The summed E-state index contributed by atoms with van der Waals surface area (Å²) in [6.45, 7) is 1.87. The standard InChI is InChI=1S/C14H13F3O/c1-9-6-11(8-13(18)7-9)10-2-4-12(5-3-10)14(15,16)17/h2-5,7,11H,6,8H2,1H3. The highest BCUT2D eigenvalue weighted by Gasteiger charge is 2.30. The second-order valence-electron chi connectivity index (χ2n) is 4.68. The number of rotatable bonds is 1. The van der Waals surface area contributed by atoms with Gasteiger partial charge in [0.2, 0.25) is 0 Å². The molecule has 96 valence electrons. The average molecular weight is 254 g/mol. The van der Waals surface area contributed by atoms with Crippen LogP contribution in [0.3, 0.4) is 0 Å². The third-order valence-corrected chi connectivity index (χ3v) is 3.13. The van der Waals surface area contributed by atoms with Crippen LogP contribution < -0.4 is 0 Å². The van der Waals surface area contributed by atoms with Crippen molar-refractivity contribution in [1.82, 2.24) is 0 Å². The van der Waals surface area contributed by atoms with Gasteiger partial charge < -0.3 is 0 Å². The van der Waals surface area contributed by atoms with E-state index in [-0.39, 0.29) is 11.7 Å². The Kier molecular flexibility index (Phi) is 3.28. The van der Waals surface area contributed by atoms with E-state index in [1.807, 2.05) is 6.92 Å². The van der Waals surface area contributed by atoms with Gasteiger partial charge in [-0.1, -0.05) is 17.7 Å². The van der Waals surface area contributed by atoms with Crippen molar-refractivity contribution in [3.05, 3.63) is 47.0 Å². The molecular weight excluding hydrogens is 241 g/mol. The van der Waals surface area contributed by atoms with Gasteiger partial charge in [0.05, 0.1) is 5.56 Å². The van der Waals surface area contributed by atoms with Gasteiger partial charge in [-0.2, -0.15) is 13.2 Å². The molecule has 0 aliphatic heterocycles. The van der Waals surface area contributed by atoms with E-state index in [9.17, 15) is 18.0 Å². The van der Waals surface area contributed by atoms with Gasteiger partial charge >= 0.3 is 6.18 Å². The third-order valence-electron chi connectivity index (χ3n) is 3.13. The second kappa shape index (κ2) is 4.59. The lowest BCUT2D eigenvalue weighted by atomic mass is 9.83. The van der Waals surface area contributed by atoms with Crippen molar-refractivity contribution in [3.63, 3.8) is 0 Å². The molecule has 4 heteroatoms. The second-order valence-corrected chi connectivity index (χ2v) is 4.68. The van der Waals surface area contributed by atoms with Crippen LogP contribution in [-0.4, -0.2) is 5.78 Å². The van der Waals surface area contributed by atoms with Gasteiger partial charge in [0.25, 0.3) is 0 Å². The Bertz CT molecular complexity index is 483. The van der Waals surface area contributed by atoms with Crippen molar-refractivity contribution >= 4 is 5.78 Å². The SMILES string of the molecule is CC1=CC(=O)CC(c2ccc(C(F)(F)F)cc2)C1. The van der Waals surface area contributed by atoms with Crippen molar-refractivity contribution in [3.8, 4) is 0 Å². The van der Waals surface area contributed by atoms with Crippen LogP contribution in [0, 0.1) is 0 Å². The van der Waals surface area contributed by atoms with Crippen molar-refractivity contribution < 1.29 is 18.0 Å². The molecule has 1 unspecified atom stereocenters. The van der Waals surface area contributed by atoms with Crippen molar-refractivity contribution in [2.45, 2.75) is 31.9 Å². The van der Waals surface area contributed by atoms with Gasteiger partial charge in [0, 0.05) is 6.42 Å². The number of alkyl halides is 3. The van der Waals surface area contributed by atoms with E-state index in [0.29, 0.717) is 6.42 Å². The normalized spacial score (nSPS) is 20.8. The first-order valence-electron chi connectivity index (χ1n) is 5.73. The number of allylic oxidation sites excluding steroid dienone is 2. The van der Waals surface area contributed by atoms with Crippen LogP contribution in [-0.2, 0) is 11.0 Å². The van der Waals surface area contributed by atoms with Crippen LogP contribution in [0.1, 0.15) is 36.8 Å². The molecular formula is C14H13F3O. The van der Waals surface area contributed by atoms with Crippen LogP contribution >= 0.6 is 0 Å². The maximum Gasteiger partial charge on any atom is 0.416 e. The fourth-order valence-corrected chi connectivity index (χ4v) is 2.28. The van der Waals surface area contributed by atoms with Gasteiger partial charge in [-0.25, -0.2) is 0 Å². The zero-order valence-electron chi connectivity index (χ0n) is 9.92. The Morgan fingerprint density at radius 3 is 2.22 bits per heavy atom. The van der Waals surface area contributed by atoms with Crippen molar-refractivity contribution in [2.75, 3.05) is 0 Å². The molecule has 1 nitrogen and oxygen atoms in total. The number of benzene rings is 1. The lowest BCUT2D eigenvalue weighted by molar-refractivity contribution is -0.137. The van der Waals surface area contributed by atoms with Crippen molar-refractivity contribution in [2.24, 2.45) is 0 Å². The molecule has 1 atom stereocenters. The summed E-state index contributed by atoms with van der Waals surface area (Å²) in [5.41, 5.74) is 1.13. The van der Waals surface area contributed by atoms with Crippen LogP contribution in [0.4, 0.5) is 13.2 Å². The average Bonchev–Trinajstić information content (AvgIpc) is 2.27. The summed E-state index contributed by atoms with van der Waals surface area (Å²) in [6.07, 6.45) is -1.59. The zero-order chi connectivity index (χ0) is 13.3. The van der Waals surface area contributed by atoms with E-state index in [2.05, 4.69) is 0 Å². The molecule has 0 amide bonds. The molecule has 0 aromatic heterocycles. The lowest BCUT2D eigenvalue weighted by Gasteiger charge is -2.21. The first-order valence-corrected chi connectivity index (χ1v) is 5.73. The predicted octanol–water partition coefficient (Wildman–Crippen LogP) is 4.10. The number of ketones is 1. The molecule has 0 N–H and O–H groups in total. The molecule has 0 radical (unpaired) electrons. The summed E-state index contributed by atoms with van der Waals surface area (Å²) in [7, 11) is 0. The summed E-state index contributed by atoms with van der Waals surface area (Å²) in [6, 6.07) is 5.10. The first kappa shape index (κ1) is 12.9. The highest BCUT2D eigenvalue weighted by atomic mass is 19.4. The Balaban J connectivity index is 2.21. The summed E-state index contributed by atoms with van der Waals surface area (Å²) in [5, 5.41) is 0. The molecule has 2 rings (SSSR count). The highest BCUT2D eigenvalue weighted by molar-refractivity contribution is 5.91. The molecule has 0 saturated heterocycles. The molecule has 0 bridgehead atoms. The minimum Gasteiger partial charge on any atom is -0.295 e. The smallest absolute Gasteiger partial charge is 0.295 e. The Hall–Kier alpha value is -1.58. The summed E-state index contributed by atoms with van der Waals surface area (Å²) >= 11 is 0. The minimum absolute atomic E-state index is 0.00443. The molecule has 18 heavy (non-hydrogen) atoms. The van der Waals surface area contributed by atoms with E-state index < -0.39 is 11.7 Å². The summed E-state index contributed by atoms with van der Waals surface area (Å²) in [4.78, 5) is 11.4.